The molecule has 2 rings (SSSR count). The monoisotopic (exact) mass is 275 g/mol. The Labute approximate surface area is 112 Å². The van der Waals surface area contributed by atoms with Crippen LogP contribution in [-0.4, -0.2) is 19.1 Å². The van der Waals surface area contributed by atoms with Crippen molar-refractivity contribution in [1.82, 2.24) is 9.82 Å². The first kappa shape index (κ1) is 13.2. The molecule has 19 heavy (non-hydrogen) atoms. The Kier molecular flexibility index (Phi) is 3.91. The number of hydrogen-bond donors (Lipinski definition) is 1. The fraction of sp³-hybridized carbons (Fsp3) is 0.0769. The summed E-state index contributed by atoms with van der Waals surface area (Å²) in [4.78, 5) is 6.45. The van der Waals surface area contributed by atoms with Crippen molar-refractivity contribution in [2.24, 2.45) is 5.10 Å². The van der Waals surface area contributed by atoms with Crippen molar-refractivity contribution >= 4 is 15.7 Å². The zero-order valence-corrected chi connectivity index (χ0v) is 11.1. The maximum Gasteiger partial charge on any atom is 0.276 e. The summed E-state index contributed by atoms with van der Waals surface area (Å²) in [6.07, 6.45) is 1.63. The van der Waals surface area contributed by atoms with Crippen molar-refractivity contribution in [3.63, 3.8) is 0 Å². The summed E-state index contributed by atoms with van der Waals surface area (Å²) < 4.78 is 23.9. The van der Waals surface area contributed by atoms with E-state index in [0.29, 0.717) is 11.4 Å². The first-order chi connectivity index (χ1) is 9.09. The number of rotatable bonds is 4. The molecule has 6 heteroatoms. The van der Waals surface area contributed by atoms with Gasteiger partial charge in [0.15, 0.2) is 0 Å². The lowest BCUT2D eigenvalue weighted by atomic mass is 10.3. The molecule has 0 saturated carbocycles. The number of hydrazone groups is 1. The van der Waals surface area contributed by atoms with E-state index in [1.165, 1.54) is 12.1 Å². The van der Waals surface area contributed by atoms with Crippen LogP contribution in [0.25, 0.3) is 0 Å². The molecule has 0 radical (unpaired) electrons. The summed E-state index contributed by atoms with van der Waals surface area (Å²) in [5, 5.41) is 3.86. The van der Waals surface area contributed by atoms with Gasteiger partial charge in [0.2, 0.25) is 0 Å². The van der Waals surface area contributed by atoms with Crippen molar-refractivity contribution in [2.45, 2.75) is 11.8 Å². The van der Waals surface area contributed by atoms with Crippen LogP contribution >= 0.6 is 0 Å². The number of pyridine rings is 1. The number of nitrogens with zero attached hydrogens (tertiary/aromatic N) is 2. The van der Waals surface area contributed by atoms with E-state index in [0.717, 1.165) is 0 Å². The van der Waals surface area contributed by atoms with E-state index in [-0.39, 0.29) is 4.90 Å². The maximum atomic E-state index is 11.9. The largest absolute Gasteiger partial charge is 0.276 e. The lowest BCUT2D eigenvalue weighted by Crippen LogP contribution is -2.20. The van der Waals surface area contributed by atoms with Crippen LogP contribution in [0.5, 0.6) is 0 Å². The van der Waals surface area contributed by atoms with Crippen LogP contribution in [0.2, 0.25) is 0 Å². The van der Waals surface area contributed by atoms with Crippen molar-refractivity contribution in [1.29, 1.82) is 0 Å². The summed E-state index contributed by atoms with van der Waals surface area (Å²) in [6, 6.07) is 13.4. The van der Waals surface area contributed by atoms with Crippen molar-refractivity contribution in [3.05, 3.63) is 60.4 Å². The van der Waals surface area contributed by atoms with E-state index in [9.17, 15) is 8.42 Å². The molecule has 0 aliphatic heterocycles. The van der Waals surface area contributed by atoms with Gasteiger partial charge in [-0.1, -0.05) is 24.3 Å². The van der Waals surface area contributed by atoms with E-state index in [1.807, 2.05) is 6.07 Å². The summed E-state index contributed by atoms with van der Waals surface area (Å²) in [5.74, 6) is 0. The normalized spacial score (nSPS) is 12.2. The van der Waals surface area contributed by atoms with Gasteiger partial charge in [0.25, 0.3) is 10.0 Å². The highest BCUT2D eigenvalue weighted by molar-refractivity contribution is 7.89. The van der Waals surface area contributed by atoms with Crippen LogP contribution in [0.15, 0.2) is 64.7 Å². The molecule has 0 amide bonds. The zero-order chi connectivity index (χ0) is 13.7. The molecule has 98 valence electrons. The summed E-state index contributed by atoms with van der Waals surface area (Å²) in [5.41, 5.74) is 1.12. The van der Waals surface area contributed by atoms with Crippen molar-refractivity contribution in [3.8, 4) is 0 Å². The average Bonchev–Trinajstić information content (AvgIpc) is 2.47. The number of sulfonamides is 1. The van der Waals surface area contributed by atoms with E-state index < -0.39 is 10.0 Å². The SMILES string of the molecule is C/C(=N/NS(=O)(=O)c1ccccc1)c1ccccn1. The third kappa shape index (κ3) is 3.38. The molecule has 0 saturated heterocycles. The van der Waals surface area contributed by atoms with Gasteiger partial charge in [-0.2, -0.15) is 18.4 Å². The van der Waals surface area contributed by atoms with E-state index >= 15 is 0 Å². The van der Waals surface area contributed by atoms with Gasteiger partial charge < -0.3 is 0 Å². The number of hydrogen-bond acceptors (Lipinski definition) is 4. The van der Waals surface area contributed by atoms with Crippen molar-refractivity contribution < 1.29 is 8.42 Å². The molecule has 1 aromatic heterocycles. The van der Waals surface area contributed by atoms with Crippen LogP contribution in [0, 0.1) is 0 Å². The minimum atomic E-state index is -3.63. The molecule has 5 nitrogen and oxygen atoms in total. The average molecular weight is 275 g/mol. The second kappa shape index (κ2) is 5.62. The Bertz CT molecular complexity index is 668. The zero-order valence-electron chi connectivity index (χ0n) is 10.3. The van der Waals surface area contributed by atoms with Gasteiger partial charge in [0.1, 0.15) is 0 Å². The van der Waals surface area contributed by atoms with E-state index in [2.05, 4.69) is 14.9 Å². The molecule has 0 spiro atoms. The molecule has 0 aliphatic carbocycles. The van der Waals surface area contributed by atoms with Gasteiger partial charge in [-0.15, -0.1) is 0 Å². The molecule has 0 bridgehead atoms. The smallest absolute Gasteiger partial charge is 0.255 e. The first-order valence-corrected chi connectivity index (χ1v) is 7.10. The lowest BCUT2D eigenvalue weighted by Gasteiger charge is -2.04. The molecular formula is C13H13N3O2S. The molecule has 0 atom stereocenters. The minimum Gasteiger partial charge on any atom is -0.255 e. The highest BCUT2D eigenvalue weighted by atomic mass is 32.2. The predicted molar refractivity (Wildman–Crippen MR) is 73.2 cm³/mol. The fourth-order valence-electron chi connectivity index (χ4n) is 1.41. The maximum absolute atomic E-state index is 11.9. The van der Waals surface area contributed by atoms with Crippen LogP contribution < -0.4 is 4.83 Å². The highest BCUT2D eigenvalue weighted by Gasteiger charge is 2.11. The Morgan fingerprint density at radius 3 is 2.42 bits per heavy atom. The summed E-state index contributed by atoms with van der Waals surface area (Å²) >= 11 is 0. The Morgan fingerprint density at radius 1 is 1.11 bits per heavy atom. The number of nitrogens with one attached hydrogen (secondary N) is 1. The van der Waals surface area contributed by atoms with Crippen LogP contribution in [-0.2, 0) is 10.0 Å². The third-order valence-electron chi connectivity index (χ3n) is 2.42. The Morgan fingerprint density at radius 2 is 1.79 bits per heavy atom. The van der Waals surface area contributed by atoms with Crippen molar-refractivity contribution in [2.75, 3.05) is 0 Å². The second-order valence-electron chi connectivity index (χ2n) is 3.82. The van der Waals surface area contributed by atoms with Crippen LogP contribution in [0.3, 0.4) is 0 Å². The molecule has 0 aliphatic rings. The highest BCUT2D eigenvalue weighted by Crippen LogP contribution is 2.07. The van der Waals surface area contributed by atoms with Gasteiger partial charge >= 0.3 is 0 Å². The molecule has 1 N–H and O–H groups in total. The quantitative estimate of drug-likeness (QED) is 0.683. The van der Waals surface area contributed by atoms with Crippen LogP contribution in [0.1, 0.15) is 12.6 Å². The minimum absolute atomic E-state index is 0.174. The summed E-state index contributed by atoms with van der Waals surface area (Å²) in [7, 11) is -3.63. The van der Waals surface area contributed by atoms with Gasteiger partial charge in [0, 0.05) is 6.20 Å². The topological polar surface area (TPSA) is 71.4 Å². The lowest BCUT2D eigenvalue weighted by molar-refractivity contribution is 0.584. The second-order valence-corrected chi connectivity index (χ2v) is 5.48. The first-order valence-electron chi connectivity index (χ1n) is 5.62. The van der Waals surface area contributed by atoms with E-state index in [1.54, 1.807) is 43.5 Å². The molecular weight excluding hydrogens is 262 g/mol. The number of aromatic nitrogens is 1. The molecule has 0 unspecified atom stereocenters. The Hall–Kier alpha value is -2.21. The molecule has 2 aromatic rings. The van der Waals surface area contributed by atoms with Gasteiger partial charge in [-0.3, -0.25) is 4.98 Å². The fourth-order valence-corrected chi connectivity index (χ4v) is 2.29. The van der Waals surface area contributed by atoms with Gasteiger partial charge in [0.05, 0.1) is 16.3 Å². The Balaban J connectivity index is 2.19. The van der Waals surface area contributed by atoms with Gasteiger partial charge in [-0.05, 0) is 31.2 Å². The standard InChI is InChI=1S/C13H13N3O2S/c1-11(13-9-5-6-10-14-13)15-16-19(17,18)12-7-3-2-4-8-12/h2-10,16H,1H3/b15-11-. The third-order valence-corrected chi connectivity index (χ3v) is 3.65. The predicted octanol–water partition coefficient (Wildman–Crippen LogP) is 1.78. The van der Waals surface area contributed by atoms with Crippen LogP contribution in [0.4, 0.5) is 0 Å². The van der Waals surface area contributed by atoms with E-state index in [4.69, 9.17) is 0 Å². The number of benzene rings is 1. The summed E-state index contributed by atoms with van der Waals surface area (Å²) in [6.45, 7) is 1.69. The molecule has 0 fully saturated rings. The molecule has 1 heterocycles. The molecule has 1 aromatic carbocycles. The van der Waals surface area contributed by atoms with Gasteiger partial charge in [-0.25, -0.2) is 0 Å².